The highest BCUT2D eigenvalue weighted by molar-refractivity contribution is 7.92. The predicted octanol–water partition coefficient (Wildman–Crippen LogP) is 2.51. The molecule has 0 radical (unpaired) electrons. The molecule has 0 aliphatic heterocycles. The molecule has 2 rings (SSSR count). The van der Waals surface area contributed by atoms with E-state index in [1.165, 1.54) is 23.9 Å². The van der Waals surface area contributed by atoms with Crippen LogP contribution >= 0.6 is 11.3 Å². The van der Waals surface area contributed by atoms with E-state index in [0.717, 1.165) is 4.88 Å². The second-order valence-electron chi connectivity index (χ2n) is 4.57. The number of nitriles is 1. The van der Waals surface area contributed by atoms with Gasteiger partial charge in [0.05, 0.1) is 11.9 Å². The Morgan fingerprint density at radius 3 is 2.75 bits per heavy atom. The molecule has 1 N–H and O–H groups in total. The average molecular weight is 310 g/mol. The maximum atomic E-state index is 12.2. The highest BCUT2D eigenvalue weighted by atomic mass is 32.2. The van der Waals surface area contributed by atoms with Crippen molar-refractivity contribution in [3.63, 3.8) is 0 Å². The van der Waals surface area contributed by atoms with Gasteiger partial charge in [-0.3, -0.25) is 4.72 Å². The molecule has 0 bridgehead atoms. The number of sulfonamides is 1. The number of nitrogens with zero attached hydrogens (tertiary/aromatic N) is 3. The van der Waals surface area contributed by atoms with Crippen LogP contribution in [0.3, 0.4) is 0 Å². The van der Waals surface area contributed by atoms with Crippen LogP contribution in [0.25, 0.3) is 0 Å². The molecule has 2 heterocycles. The minimum atomic E-state index is -3.77. The average Bonchev–Trinajstić information content (AvgIpc) is 2.95. The van der Waals surface area contributed by atoms with Crippen LogP contribution in [-0.4, -0.2) is 18.0 Å². The Morgan fingerprint density at radius 2 is 2.20 bits per heavy atom. The van der Waals surface area contributed by atoms with Crippen LogP contribution < -0.4 is 4.72 Å². The summed E-state index contributed by atoms with van der Waals surface area (Å²) in [6, 6.07) is 3.75. The van der Waals surface area contributed by atoms with E-state index in [1.54, 1.807) is 10.6 Å². The van der Waals surface area contributed by atoms with Gasteiger partial charge in [-0.25, -0.2) is 4.98 Å². The third-order valence-corrected chi connectivity index (χ3v) is 4.98. The van der Waals surface area contributed by atoms with Crippen LogP contribution in [-0.2, 0) is 10.0 Å². The number of anilines is 1. The molecule has 0 aliphatic rings. The van der Waals surface area contributed by atoms with Crippen molar-refractivity contribution in [3.05, 3.63) is 29.0 Å². The summed E-state index contributed by atoms with van der Waals surface area (Å²) < 4.78 is 28.6. The van der Waals surface area contributed by atoms with Crippen molar-refractivity contribution in [2.24, 2.45) is 0 Å². The highest BCUT2D eigenvalue weighted by Crippen LogP contribution is 2.28. The summed E-state index contributed by atoms with van der Waals surface area (Å²) in [5, 5.41) is 9.25. The van der Waals surface area contributed by atoms with Crippen molar-refractivity contribution >= 4 is 26.4 Å². The highest BCUT2D eigenvalue weighted by Gasteiger charge is 2.20. The predicted molar refractivity (Wildman–Crippen MR) is 77.2 cm³/mol. The molecule has 0 amide bonds. The lowest BCUT2D eigenvalue weighted by Gasteiger charge is -2.05. The first-order valence-electron chi connectivity index (χ1n) is 5.90. The van der Waals surface area contributed by atoms with Gasteiger partial charge < -0.3 is 4.57 Å². The Kier molecular flexibility index (Phi) is 3.83. The lowest BCUT2D eigenvalue weighted by molar-refractivity contribution is 0.592. The summed E-state index contributed by atoms with van der Waals surface area (Å²) in [6.45, 7) is 5.68. The fourth-order valence-electron chi connectivity index (χ4n) is 1.59. The van der Waals surface area contributed by atoms with Gasteiger partial charge in [0.25, 0.3) is 10.0 Å². The smallest absolute Gasteiger partial charge is 0.281 e. The Labute approximate surface area is 121 Å². The number of aryl methyl sites for hydroxylation is 1. The molecule has 6 nitrogen and oxygen atoms in total. The lowest BCUT2D eigenvalue weighted by Crippen LogP contribution is -2.13. The standard InChI is InChI=1S/C12H14N4O2S2/c1-8(2)16-6-11(14-7-16)20(17,18)15-12-10(5-13)4-9(3)19-12/h4,6-8,15H,1-3H3. The summed E-state index contributed by atoms with van der Waals surface area (Å²) >= 11 is 1.23. The number of aromatic nitrogens is 2. The van der Waals surface area contributed by atoms with Gasteiger partial charge in [-0.05, 0) is 26.8 Å². The van der Waals surface area contributed by atoms with Crippen LogP contribution in [0.2, 0.25) is 0 Å². The molecule has 106 valence electrons. The first-order chi connectivity index (χ1) is 9.33. The molecule has 0 unspecified atom stereocenters. The van der Waals surface area contributed by atoms with Gasteiger partial charge >= 0.3 is 0 Å². The fourth-order valence-corrected chi connectivity index (χ4v) is 3.70. The van der Waals surface area contributed by atoms with Crippen molar-refractivity contribution in [2.45, 2.75) is 31.8 Å². The molecule has 0 saturated heterocycles. The number of rotatable bonds is 4. The monoisotopic (exact) mass is 310 g/mol. The SMILES string of the molecule is Cc1cc(C#N)c(NS(=O)(=O)c2cn(C(C)C)cn2)s1. The van der Waals surface area contributed by atoms with E-state index >= 15 is 0 Å². The minimum absolute atomic E-state index is 0.0545. The molecule has 0 saturated carbocycles. The molecule has 0 fully saturated rings. The van der Waals surface area contributed by atoms with Crippen LogP contribution in [0, 0.1) is 18.3 Å². The van der Waals surface area contributed by atoms with Crippen LogP contribution in [0.15, 0.2) is 23.6 Å². The zero-order valence-corrected chi connectivity index (χ0v) is 12.9. The van der Waals surface area contributed by atoms with E-state index in [4.69, 9.17) is 5.26 Å². The lowest BCUT2D eigenvalue weighted by atomic mass is 10.3. The second-order valence-corrected chi connectivity index (χ2v) is 7.46. The van der Waals surface area contributed by atoms with E-state index in [-0.39, 0.29) is 11.1 Å². The first kappa shape index (κ1) is 14.6. The van der Waals surface area contributed by atoms with Crippen LogP contribution in [0.5, 0.6) is 0 Å². The molecule has 0 aliphatic carbocycles. The first-order valence-corrected chi connectivity index (χ1v) is 8.20. The largest absolute Gasteiger partial charge is 0.334 e. The van der Waals surface area contributed by atoms with Crippen LogP contribution in [0.1, 0.15) is 30.3 Å². The molecular formula is C12H14N4O2S2. The maximum Gasteiger partial charge on any atom is 0.281 e. The van der Waals surface area contributed by atoms with Gasteiger partial charge in [-0.2, -0.15) is 13.7 Å². The Hall–Kier alpha value is -1.85. The number of imidazole rings is 1. The van der Waals surface area contributed by atoms with E-state index in [2.05, 4.69) is 9.71 Å². The summed E-state index contributed by atoms with van der Waals surface area (Å²) in [6.07, 6.45) is 2.95. The van der Waals surface area contributed by atoms with E-state index in [1.807, 2.05) is 26.8 Å². The Bertz CT molecular complexity index is 766. The van der Waals surface area contributed by atoms with E-state index < -0.39 is 10.0 Å². The zero-order chi connectivity index (χ0) is 14.9. The number of hydrogen-bond acceptors (Lipinski definition) is 5. The topological polar surface area (TPSA) is 87.8 Å². The Balaban J connectivity index is 2.33. The van der Waals surface area contributed by atoms with Gasteiger partial charge in [0.15, 0.2) is 5.03 Å². The molecule has 2 aromatic rings. The molecule has 20 heavy (non-hydrogen) atoms. The van der Waals surface area contributed by atoms with Crippen molar-refractivity contribution in [3.8, 4) is 6.07 Å². The normalized spacial score (nSPS) is 11.6. The molecule has 2 aromatic heterocycles. The van der Waals surface area contributed by atoms with Gasteiger partial charge in [-0.1, -0.05) is 0 Å². The molecular weight excluding hydrogens is 296 g/mol. The third-order valence-electron chi connectivity index (χ3n) is 2.65. The number of thiophene rings is 1. The summed E-state index contributed by atoms with van der Waals surface area (Å²) in [5.74, 6) is 0. The van der Waals surface area contributed by atoms with Gasteiger partial charge in [0, 0.05) is 17.1 Å². The zero-order valence-electron chi connectivity index (χ0n) is 11.3. The summed E-state index contributed by atoms with van der Waals surface area (Å²) in [4.78, 5) is 4.77. The van der Waals surface area contributed by atoms with Gasteiger partial charge in [0.2, 0.25) is 0 Å². The van der Waals surface area contributed by atoms with Crippen molar-refractivity contribution in [1.29, 1.82) is 5.26 Å². The number of hydrogen-bond donors (Lipinski definition) is 1. The van der Waals surface area contributed by atoms with Crippen molar-refractivity contribution in [1.82, 2.24) is 9.55 Å². The van der Waals surface area contributed by atoms with Gasteiger partial charge in [0.1, 0.15) is 11.1 Å². The van der Waals surface area contributed by atoms with Crippen molar-refractivity contribution in [2.75, 3.05) is 4.72 Å². The molecule has 0 atom stereocenters. The minimum Gasteiger partial charge on any atom is -0.334 e. The molecule has 0 spiro atoms. The second kappa shape index (κ2) is 5.26. The van der Waals surface area contributed by atoms with E-state index in [9.17, 15) is 8.42 Å². The fraction of sp³-hybridized carbons (Fsp3) is 0.333. The number of nitrogens with one attached hydrogen (secondary N) is 1. The van der Waals surface area contributed by atoms with Crippen LogP contribution in [0.4, 0.5) is 5.00 Å². The quantitative estimate of drug-likeness (QED) is 0.939. The van der Waals surface area contributed by atoms with Gasteiger partial charge in [-0.15, -0.1) is 11.3 Å². The molecule has 8 heteroatoms. The van der Waals surface area contributed by atoms with E-state index in [0.29, 0.717) is 10.6 Å². The molecule has 0 aromatic carbocycles. The summed E-state index contributed by atoms with van der Waals surface area (Å²) in [7, 11) is -3.77. The Morgan fingerprint density at radius 1 is 1.50 bits per heavy atom. The summed E-state index contributed by atoms with van der Waals surface area (Å²) in [5.41, 5.74) is 0.319. The van der Waals surface area contributed by atoms with Crippen molar-refractivity contribution < 1.29 is 8.42 Å². The maximum absolute atomic E-state index is 12.2. The third kappa shape index (κ3) is 2.84.